The van der Waals surface area contributed by atoms with Gasteiger partial charge in [0.25, 0.3) is 0 Å². The van der Waals surface area contributed by atoms with E-state index in [9.17, 15) is 8.42 Å². The number of hydrogen-bond donors (Lipinski definition) is 1. The summed E-state index contributed by atoms with van der Waals surface area (Å²) in [6, 6.07) is 5.25. The highest BCUT2D eigenvalue weighted by molar-refractivity contribution is 7.90. The van der Waals surface area contributed by atoms with Crippen LogP contribution in [0.1, 0.15) is 12.0 Å². The number of aryl methyl sites for hydroxylation is 1. The maximum Gasteiger partial charge on any atom is 0.301 e. The molecule has 21 heavy (non-hydrogen) atoms. The molecule has 7 heteroatoms. The van der Waals surface area contributed by atoms with Crippen molar-refractivity contribution in [3.63, 3.8) is 0 Å². The summed E-state index contributed by atoms with van der Waals surface area (Å²) < 4.78 is 39.1. The van der Waals surface area contributed by atoms with E-state index in [4.69, 9.17) is 9.47 Å². The number of hydrogen-bond acceptors (Lipinski definition) is 4. The molecule has 1 aromatic rings. The van der Waals surface area contributed by atoms with E-state index in [1.807, 2.05) is 13.0 Å². The molecule has 1 saturated heterocycles. The second kappa shape index (κ2) is 6.64. The third kappa shape index (κ3) is 3.87. The molecule has 0 bridgehead atoms. The van der Waals surface area contributed by atoms with Crippen LogP contribution in [0, 0.1) is 12.8 Å². The van der Waals surface area contributed by atoms with Gasteiger partial charge in [0.1, 0.15) is 5.75 Å². The number of methoxy groups -OCH3 is 2. The smallest absolute Gasteiger partial charge is 0.301 e. The largest absolute Gasteiger partial charge is 0.496 e. The quantitative estimate of drug-likeness (QED) is 0.866. The number of benzene rings is 1. The van der Waals surface area contributed by atoms with Crippen molar-refractivity contribution in [1.29, 1.82) is 0 Å². The van der Waals surface area contributed by atoms with E-state index < -0.39 is 10.2 Å². The van der Waals surface area contributed by atoms with Crippen LogP contribution in [-0.2, 0) is 14.9 Å². The minimum atomic E-state index is -3.53. The third-order valence-corrected chi connectivity index (χ3v) is 5.15. The van der Waals surface area contributed by atoms with Crippen LogP contribution in [0.2, 0.25) is 0 Å². The van der Waals surface area contributed by atoms with Crippen molar-refractivity contribution >= 4 is 15.9 Å². The SMILES string of the molecule is COCC1CCN(S(=O)(=O)Nc2ccc(C)c(OC)c2)C1. The van der Waals surface area contributed by atoms with Gasteiger partial charge in [0.2, 0.25) is 0 Å². The molecule has 0 amide bonds. The minimum absolute atomic E-state index is 0.263. The van der Waals surface area contributed by atoms with Gasteiger partial charge in [0.15, 0.2) is 0 Å². The topological polar surface area (TPSA) is 67.9 Å². The van der Waals surface area contributed by atoms with Gasteiger partial charge < -0.3 is 9.47 Å². The van der Waals surface area contributed by atoms with Crippen molar-refractivity contribution in [2.24, 2.45) is 5.92 Å². The van der Waals surface area contributed by atoms with Crippen LogP contribution in [0.25, 0.3) is 0 Å². The second-order valence-corrected chi connectivity index (χ2v) is 6.93. The van der Waals surface area contributed by atoms with E-state index in [-0.39, 0.29) is 5.92 Å². The van der Waals surface area contributed by atoms with Crippen molar-refractivity contribution in [3.8, 4) is 5.75 Å². The highest BCUT2D eigenvalue weighted by Crippen LogP contribution is 2.25. The van der Waals surface area contributed by atoms with E-state index in [1.165, 1.54) is 4.31 Å². The zero-order valence-electron chi connectivity index (χ0n) is 12.6. The molecule has 0 aliphatic carbocycles. The third-order valence-electron chi connectivity index (χ3n) is 3.65. The summed E-state index contributed by atoms with van der Waals surface area (Å²) in [6.45, 7) is 3.51. The van der Waals surface area contributed by atoms with Gasteiger partial charge in [-0.15, -0.1) is 0 Å². The normalized spacial score (nSPS) is 19.7. The van der Waals surface area contributed by atoms with Crippen LogP contribution in [0.15, 0.2) is 18.2 Å². The predicted octanol–water partition coefficient (Wildman–Crippen LogP) is 1.63. The Morgan fingerprint density at radius 3 is 2.81 bits per heavy atom. The molecule has 0 radical (unpaired) electrons. The highest BCUT2D eigenvalue weighted by Gasteiger charge is 2.31. The molecular weight excluding hydrogens is 292 g/mol. The minimum Gasteiger partial charge on any atom is -0.496 e. The molecule has 1 aliphatic rings. The summed E-state index contributed by atoms with van der Waals surface area (Å²) >= 11 is 0. The van der Waals surface area contributed by atoms with Crippen LogP contribution in [-0.4, -0.2) is 46.6 Å². The van der Waals surface area contributed by atoms with Gasteiger partial charge in [-0.25, -0.2) is 0 Å². The van der Waals surface area contributed by atoms with Gasteiger partial charge in [-0.3, -0.25) is 4.72 Å². The van der Waals surface area contributed by atoms with Crippen molar-refractivity contribution in [3.05, 3.63) is 23.8 Å². The zero-order chi connectivity index (χ0) is 15.5. The van der Waals surface area contributed by atoms with Gasteiger partial charge in [0, 0.05) is 26.3 Å². The molecule has 0 saturated carbocycles. The molecule has 0 aromatic heterocycles. The fraction of sp³-hybridized carbons (Fsp3) is 0.571. The number of anilines is 1. The van der Waals surface area contributed by atoms with Crippen molar-refractivity contribution < 1.29 is 17.9 Å². The number of rotatable bonds is 6. The maximum absolute atomic E-state index is 12.4. The zero-order valence-corrected chi connectivity index (χ0v) is 13.4. The van der Waals surface area contributed by atoms with Crippen molar-refractivity contribution in [2.75, 3.05) is 38.6 Å². The van der Waals surface area contributed by atoms with E-state index >= 15 is 0 Å². The molecule has 1 atom stereocenters. The molecule has 2 rings (SSSR count). The van der Waals surface area contributed by atoms with Gasteiger partial charge in [0.05, 0.1) is 19.4 Å². The lowest BCUT2D eigenvalue weighted by molar-refractivity contribution is 0.157. The van der Waals surface area contributed by atoms with Crippen LogP contribution in [0.3, 0.4) is 0 Å². The fourth-order valence-electron chi connectivity index (χ4n) is 2.48. The first-order valence-corrected chi connectivity index (χ1v) is 8.31. The lowest BCUT2D eigenvalue weighted by Crippen LogP contribution is -2.34. The standard InChI is InChI=1S/C14H22N2O4S/c1-11-4-5-13(8-14(11)20-3)15-21(17,18)16-7-6-12(9-16)10-19-2/h4-5,8,12,15H,6-7,9-10H2,1-3H3. The average Bonchev–Trinajstić information content (AvgIpc) is 2.91. The molecule has 1 fully saturated rings. The Morgan fingerprint density at radius 1 is 1.38 bits per heavy atom. The average molecular weight is 314 g/mol. The van der Waals surface area contributed by atoms with Crippen molar-refractivity contribution in [2.45, 2.75) is 13.3 Å². The van der Waals surface area contributed by atoms with Crippen LogP contribution < -0.4 is 9.46 Å². The summed E-state index contributed by atoms with van der Waals surface area (Å²) in [6.07, 6.45) is 0.825. The van der Waals surface area contributed by atoms with E-state index in [0.717, 1.165) is 12.0 Å². The molecule has 118 valence electrons. The highest BCUT2D eigenvalue weighted by atomic mass is 32.2. The first kappa shape index (κ1) is 16.1. The van der Waals surface area contributed by atoms with E-state index in [2.05, 4.69) is 4.72 Å². The molecular formula is C14H22N2O4S. The van der Waals surface area contributed by atoms with Gasteiger partial charge in [-0.1, -0.05) is 6.07 Å². The summed E-state index contributed by atoms with van der Waals surface area (Å²) in [5.74, 6) is 0.924. The van der Waals surface area contributed by atoms with Crippen LogP contribution in [0.5, 0.6) is 5.75 Å². The molecule has 1 heterocycles. The Morgan fingerprint density at radius 2 is 2.14 bits per heavy atom. The van der Waals surface area contributed by atoms with E-state index in [1.54, 1.807) is 26.4 Å². The van der Waals surface area contributed by atoms with Gasteiger partial charge in [-0.2, -0.15) is 12.7 Å². The molecule has 1 unspecified atom stereocenters. The fourth-order valence-corrected chi connectivity index (χ4v) is 3.79. The molecule has 6 nitrogen and oxygen atoms in total. The van der Waals surface area contributed by atoms with Gasteiger partial charge in [-0.05, 0) is 30.9 Å². The Balaban J connectivity index is 2.08. The monoisotopic (exact) mass is 314 g/mol. The Kier molecular flexibility index (Phi) is 5.08. The van der Waals surface area contributed by atoms with E-state index in [0.29, 0.717) is 31.1 Å². The lowest BCUT2D eigenvalue weighted by atomic mass is 10.1. The summed E-state index contributed by atoms with van der Waals surface area (Å²) in [5, 5.41) is 0. The van der Waals surface area contributed by atoms with Gasteiger partial charge >= 0.3 is 10.2 Å². The number of ether oxygens (including phenoxy) is 2. The molecule has 1 aromatic carbocycles. The summed E-state index contributed by atoms with van der Waals surface area (Å²) in [7, 11) is -0.331. The molecule has 0 spiro atoms. The van der Waals surface area contributed by atoms with Crippen molar-refractivity contribution in [1.82, 2.24) is 4.31 Å². The maximum atomic E-state index is 12.4. The Labute approximate surface area is 126 Å². The van der Waals surface area contributed by atoms with Crippen LogP contribution in [0.4, 0.5) is 5.69 Å². The summed E-state index contributed by atoms with van der Waals surface area (Å²) in [5.41, 5.74) is 1.47. The number of nitrogens with one attached hydrogen (secondary N) is 1. The second-order valence-electron chi connectivity index (χ2n) is 5.26. The molecule has 1 N–H and O–H groups in total. The first-order valence-electron chi connectivity index (χ1n) is 6.87. The Hall–Kier alpha value is -1.31. The van der Waals surface area contributed by atoms with Crippen LogP contribution >= 0.6 is 0 Å². The first-order chi connectivity index (χ1) is 9.96. The predicted molar refractivity (Wildman–Crippen MR) is 81.8 cm³/mol. The summed E-state index contributed by atoms with van der Waals surface area (Å²) in [4.78, 5) is 0. The molecule has 1 aliphatic heterocycles. The Bertz CT molecular complexity index is 589. The lowest BCUT2D eigenvalue weighted by Gasteiger charge is -2.18. The number of nitrogens with zero attached hydrogens (tertiary/aromatic N) is 1.